The molecule has 0 saturated carbocycles. The second-order valence-electron chi connectivity index (χ2n) is 10.3. The number of pyridine rings is 1. The summed E-state index contributed by atoms with van der Waals surface area (Å²) >= 11 is 5.85. The van der Waals surface area contributed by atoms with Crippen LogP contribution in [0.3, 0.4) is 0 Å². The molecule has 4 aromatic rings. The molecule has 0 spiro atoms. The van der Waals surface area contributed by atoms with E-state index in [2.05, 4.69) is 16.4 Å². The topological polar surface area (TPSA) is 78.7 Å². The Bertz CT molecular complexity index is 1530. The minimum Gasteiger partial charge on any atom is -0.473 e. The Kier molecular flexibility index (Phi) is 9.17. The number of methoxy groups -OCH3 is 2. The number of hydrogen-bond donors (Lipinski definition) is 0. The smallest absolute Gasteiger partial charge is 0.337 e. The van der Waals surface area contributed by atoms with Gasteiger partial charge in [0.1, 0.15) is 18.2 Å². The number of piperidine rings is 1. The zero-order valence-corrected chi connectivity index (χ0v) is 24.2. The molecular formula is C31H34ClFN4O4. The average molecular weight is 581 g/mol. The van der Waals surface area contributed by atoms with E-state index >= 15 is 0 Å². The van der Waals surface area contributed by atoms with Crippen LogP contribution in [-0.2, 0) is 29.2 Å². The number of benzene rings is 2. The monoisotopic (exact) mass is 580 g/mol. The van der Waals surface area contributed by atoms with Gasteiger partial charge in [-0.15, -0.1) is 0 Å². The Labute approximate surface area is 244 Å². The summed E-state index contributed by atoms with van der Waals surface area (Å²) < 4.78 is 32.4. The Morgan fingerprint density at radius 2 is 1.98 bits per heavy atom. The van der Waals surface area contributed by atoms with Gasteiger partial charge in [0, 0.05) is 48.0 Å². The van der Waals surface area contributed by atoms with Crippen molar-refractivity contribution in [1.29, 1.82) is 0 Å². The zero-order valence-electron chi connectivity index (χ0n) is 23.5. The van der Waals surface area contributed by atoms with Crippen LogP contribution >= 0.6 is 11.6 Å². The van der Waals surface area contributed by atoms with Gasteiger partial charge in [-0.2, -0.15) is 0 Å². The molecular weight excluding hydrogens is 547 g/mol. The Morgan fingerprint density at radius 1 is 1.12 bits per heavy atom. The third-order valence-electron chi connectivity index (χ3n) is 7.68. The fourth-order valence-corrected chi connectivity index (χ4v) is 5.56. The molecule has 0 amide bonds. The zero-order chi connectivity index (χ0) is 28.9. The SMILES string of the molecule is COCCn1c(CN2CC[C@H](c3cccc(OCc4ccc(Cl)cc4F)n3)C[C@@H]2C)nc2ccc(C(=O)OC)cc21. The number of halogens is 2. The maximum Gasteiger partial charge on any atom is 0.337 e. The Balaban J connectivity index is 1.27. The molecule has 3 heterocycles. The third kappa shape index (κ3) is 6.69. The van der Waals surface area contributed by atoms with Crippen molar-refractivity contribution in [2.45, 2.75) is 51.4 Å². The van der Waals surface area contributed by atoms with Gasteiger partial charge in [0.25, 0.3) is 0 Å². The van der Waals surface area contributed by atoms with E-state index in [4.69, 9.17) is 35.8 Å². The summed E-state index contributed by atoms with van der Waals surface area (Å²) in [6, 6.07) is 16.1. The fourth-order valence-electron chi connectivity index (χ4n) is 5.41. The highest BCUT2D eigenvalue weighted by molar-refractivity contribution is 6.30. The van der Waals surface area contributed by atoms with Gasteiger partial charge in [0.15, 0.2) is 0 Å². The second kappa shape index (κ2) is 13.0. The van der Waals surface area contributed by atoms with E-state index in [0.717, 1.165) is 41.9 Å². The maximum absolute atomic E-state index is 14.2. The number of carbonyl (C=O) groups excluding carboxylic acids is 1. The van der Waals surface area contributed by atoms with Crippen molar-refractivity contribution < 1.29 is 23.4 Å². The first kappa shape index (κ1) is 29.0. The van der Waals surface area contributed by atoms with Crippen molar-refractivity contribution >= 4 is 28.6 Å². The number of aromatic nitrogens is 3. The molecule has 5 rings (SSSR count). The molecule has 10 heteroatoms. The Hall–Kier alpha value is -3.53. The summed E-state index contributed by atoms with van der Waals surface area (Å²) in [5, 5.41) is 0.353. The van der Waals surface area contributed by atoms with Crippen LogP contribution in [0.5, 0.6) is 5.88 Å². The van der Waals surface area contributed by atoms with Crippen LogP contribution < -0.4 is 4.74 Å². The molecule has 0 bridgehead atoms. The van der Waals surface area contributed by atoms with Crippen LogP contribution in [-0.4, -0.2) is 58.8 Å². The summed E-state index contributed by atoms with van der Waals surface area (Å²) in [4.78, 5) is 24.2. The quantitative estimate of drug-likeness (QED) is 0.213. The number of carbonyl (C=O) groups is 1. The number of fused-ring (bicyclic) bond motifs is 1. The molecule has 0 unspecified atom stereocenters. The largest absolute Gasteiger partial charge is 0.473 e. The molecule has 2 aromatic carbocycles. The van der Waals surface area contributed by atoms with Crippen molar-refractivity contribution in [3.05, 3.63) is 88.1 Å². The van der Waals surface area contributed by atoms with Crippen molar-refractivity contribution in [2.75, 3.05) is 27.4 Å². The number of esters is 1. The van der Waals surface area contributed by atoms with E-state index in [0.29, 0.717) is 47.8 Å². The van der Waals surface area contributed by atoms with Gasteiger partial charge in [-0.25, -0.2) is 19.2 Å². The molecule has 1 aliphatic rings. The van der Waals surface area contributed by atoms with Gasteiger partial charge in [-0.1, -0.05) is 23.7 Å². The van der Waals surface area contributed by atoms with Gasteiger partial charge >= 0.3 is 5.97 Å². The van der Waals surface area contributed by atoms with E-state index in [1.165, 1.54) is 13.2 Å². The lowest BCUT2D eigenvalue weighted by molar-refractivity contribution is 0.0601. The van der Waals surface area contributed by atoms with Crippen LogP contribution in [0, 0.1) is 5.82 Å². The molecule has 2 aromatic heterocycles. The molecule has 0 aliphatic carbocycles. The fraction of sp³-hybridized carbons (Fsp3) is 0.387. The highest BCUT2D eigenvalue weighted by Gasteiger charge is 2.29. The van der Waals surface area contributed by atoms with Gasteiger partial charge < -0.3 is 18.8 Å². The molecule has 0 N–H and O–H groups in total. The van der Waals surface area contributed by atoms with E-state index in [1.807, 2.05) is 24.3 Å². The lowest BCUT2D eigenvalue weighted by atomic mass is 9.88. The van der Waals surface area contributed by atoms with Gasteiger partial charge in [-0.3, -0.25) is 4.90 Å². The van der Waals surface area contributed by atoms with E-state index in [-0.39, 0.29) is 18.5 Å². The van der Waals surface area contributed by atoms with E-state index < -0.39 is 5.82 Å². The van der Waals surface area contributed by atoms with Crippen LogP contribution in [0.1, 0.15) is 53.1 Å². The van der Waals surface area contributed by atoms with Gasteiger partial charge in [0.2, 0.25) is 5.88 Å². The normalized spacial score (nSPS) is 17.6. The molecule has 1 fully saturated rings. The molecule has 2 atom stereocenters. The number of rotatable bonds is 10. The molecule has 1 aliphatic heterocycles. The third-order valence-corrected chi connectivity index (χ3v) is 7.91. The molecule has 1 saturated heterocycles. The van der Waals surface area contributed by atoms with Crippen LogP contribution in [0.25, 0.3) is 11.0 Å². The highest BCUT2D eigenvalue weighted by atomic mass is 35.5. The number of imidazole rings is 1. The lowest BCUT2D eigenvalue weighted by Gasteiger charge is -2.37. The first-order chi connectivity index (χ1) is 19.9. The van der Waals surface area contributed by atoms with Crippen molar-refractivity contribution in [1.82, 2.24) is 19.4 Å². The summed E-state index contributed by atoms with van der Waals surface area (Å²) in [5.74, 6) is 0.933. The predicted octanol–water partition coefficient (Wildman–Crippen LogP) is 6.00. The highest BCUT2D eigenvalue weighted by Crippen LogP contribution is 2.33. The van der Waals surface area contributed by atoms with E-state index in [9.17, 15) is 9.18 Å². The van der Waals surface area contributed by atoms with E-state index in [1.54, 1.807) is 31.4 Å². The summed E-state index contributed by atoms with van der Waals surface area (Å²) in [6.07, 6.45) is 1.88. The van der Waals surface area contributed by atoms with Crippen molar-refractivity contribution in [3.63, 3.8) is 0 Å². The van der Waals surface area contributed by atoms with Crippen molar-refractivity contribution in [3.8, 4) is 5.88 Å². The van der Waals surface area contributed by atoms with Crippen molar-refractivity contribution in [2.24, 2.45) is 0 Å². The van der Waals surface area contributed by atoms with Gasteiger partial charge in [0.05, 0.1) is 36.9 Å². The van der Waals surface area contributed by atoms with Gasteiger partial charge in [-0.05, 0) is 62.7 Å². The number of likely N-dealkylation sites (tertiary alicyclic amines) is 1. The maximum atomic E-state index is 14.2. The summed E-state index contributed by atoms with van der Waals surface area (Å²) in [7, 11) is 3.06. The minimum atomic E-state index is -0.394. The summed E-state index contributed by atoms with van der Waals surface area (Å²) in [6.45, 7) is 5.05. The molecule has 0 radical (unpaired) electrons. The first-order valence-corrected chi connectivity index (χ1v) is 14.1. The van der Waals surface area contributed by atoms with Crippen LogP contribution in [0.4, 0.5) is 4.39 Å². The van der Waals surface area contributed by atoms with Crippen LogP contribution in [0.2, 0.25) is 5.02 Å². The number of ether oxygens (including phenoxy) is 3. The average Bonchev–Trinajstić information content (AvgIpc) is 3.32. The lowest BCUT2D eigenvalue weighted by Crippen LogP contribution is -2.40. The molecule has 216 valence electrons. The molecule has 41 heavy (non-hydrogen) atoms. The number of hydrogen-bond acceptors (Lipinski definition) is 7. The molecule has 8 nitrogen and oxygen atoms in total. The predicted molar refractivity (Wildman–Crippen MR) is 155 cm³/mol. The second-order valence-corrected chi connectivity index (χ2v) is 10.8. The van der Waals surface area contributed by atoms with Crippen LogP contribution in [0.15, 0.2) is 54.6 Å². The standard InChI is InChI=1S/C31H34ClFN4O4/c1-20-15-21(26-5-4-6-30(35-26)41-19-23-7-9-24(32)17-25(23)33)11-12-36(20)18-29-34-27-10-8-22(31(38)40-3)16-28(27)37(29)13-14-39-2/h4-10,16-17,20-21H,11-15,18-19H2,1-3H3/t20-,21-/m0/s1. The number of nitrogens with zero attached hydrogens (tertiary/aromatic N) is 4. The Morgan fingerprint density at radius 3 is 2.73 bits per heavy atom. The minimum absolute atomic E-state index is 0.0828. The first-order valence-electron chi connectivity index (χ1n) is 13.7. The summed E-state index contributed by atoms with van der Waals surface area (Å²) in [5.41, 5.74) is 3.64.